The number of nitrogens with zero attached hydrogens (tertiary/aromatic N) is 6. The van der Waals surface area contributed by atoms with Crippen LogP contribution in [0.4, 0.5) is 0 Å². The highest BCUT2D eigenvalue weighted by Gasteiger charge is 2.14. The average Bonchev–Trinajstić information content (AvgIpc) is 2.82. The second kappa shape index (κ2) is 6.63. The second-order valence-electron chi connectivity index (χ2n) is 7.14. The summed E-state index contributed by atoms with van der Waals surface area (Å²) >= 11 is 0. The van der Waals surface area contributed by atoms with Gasteiger partial charge in [0.2, 0.25) is 5.69 Å². The Bertz CT molecular complexity index is 1450. The second-order valence-corrected chi connectivity index (χ2v) is 7.14. The predicted octanol–water partition coefficient (Wildman–Crippen LogP) is 3.28. The summed E-state index contributed by atoms with van der Waals surface area (Å²) in [7, 11) is 0. The monoisotopic (exact) mass is 388 g/mol. The molecule has 140 valence electrons. The molecule has 0 spiro atoms. The van der Waals surface area contributed by atoms with E-state index < -0.39 is 0 Å². The average molecular weight is 388 g/mol. The van der Waals surface area contributed by atoms with Crippen molar-refractivity contribution in [2.75, 3.05) is 0 Å². The van der Waals surface area contributed by atoms with Crippen molar-refractivity contribution in [3.05, 3.63) is 98.4 Å². The molecule has 6 heterocycles. The first-order valence-electron chi connectivity index (χ1n) is 9.60. The molecule has 6 aromatic heterocycles. The van der Waals surface area contributed by atoms with Crippen LogP contribution in [0.15, 0.2) is 98.4 Å². The quantitative estimate of drug-likeness (QED) is 0.427. The van der Waals surface area contributed by atoms with Crippen molar-refractivity contribution in [3.63, 3.8) is 0 Å². The third-order valence-electron chi connectivity index (χ3n) is 5.26. The molecule has 6 aromatic rings. The molecule has 0 aliphatic carbocycles. The third kappa shape index (κ3) is 2.82. The normalized spacial score (nSPS) is 11.3. The number of hydrogen-bond acceptors (Lipinski definition) is 4. The van der Waals surface area contributed by atoms with Crippen LogP contribution in [0, 0.1) is 0 Å². The summed E-state index contributed by atoms with van der Waals surface area (Å²) in [5.41, 5.74) is 1.92. The Kier molecular flexibility index (Phi) is 3.67. The first kappa shape index (κ1) is 16.6. The largest absolute Gasteiger partial charge is 0.328 e. The predicted molar refractivity (Wildman–Crippen MR) is 113 cm³/mol. The Morgan fingerprint density at radius 3 is 2.33 bits per heavy atom. The van der Waals surface area contributed by atoms with Crippen molar-refractivity contribution < 1.29 is 9.13 Å². The minimum Gasteiger partial charge on any atom is -0.264 e. The van der Waals surface area contributed by atoms with Crippen LogP contribution in [0.5, 0.6) is 0 Å². The summed E-state index contributed by atoms with van der Waals surface area (Å²) in [6.07, 6.45) is 19.2. The molecule has 0 N–H and O–H groups in total. The topological polar surface area (TPSA) is 59.3 Å². The van der Waals surface area contributed by atoms with E-state index >= 15 is 0 Å². The van der Waals surface area contributed by atoms with Crippen LogP contribution in [-0.2, 0) is 0 Å². The van der Waals surface area contributed by atoms with E-state index in [0.717, 1.165) is 44.0 Å². The molecule has 0 amide bonds. The Morgan fingerprint density at radius 1 is 0.567 bits per heavy atom. The van der Waals surface area contributed by atoms with Gasteiger partial charge < -0.3 is 0 Å². The van der Waals surface area contributed by atoms with E-state index in [1.807, 2.05) is 60.1 Å². The molecule has 6 heteroatoms. The first-order chi connectivity index (χ1) is 14.8. The fourth-order valence-electron chi connectivity index (χ4n) is 3.65. The van der Waals surface area contributed by atoms with E-state index in [1.54, 1.807) is 12.4 Å². The van der Waals surface area contributed by atoms with Gasteiger partial charge in [-0.2, -0.15) is 4.57 Å². The van der Waals surface area contributed by atoms with Gasteiger partial charge in [-0.3, -0.25) is 9.97 Å². The number of rotatable bonds is 2. The van der Waals surface area contributed by atoms with Crippen LogP contribution in [-0.4, -0.2) is 19.9 Å². The standard InChI is InChI=1S/C24H16N6/c1-5-25-12-21-16-30(8-3-17(1)21)24-10-20-15-29(7-4-18(20)13-28-24)22-9-19-11-26-6-2-23(19)27-14-22/h1-16H/q+2. The highest BCUT2D eigenvalue weighted by atomic mass is 15.0. The summed E-state index contributed by atoms with van der Waals surface area (Å²) in [6.45, 7) is 0. The lowest BCUT2D eigenvalue weighted by Gasteiger charge is -2.01. The van der Waals surface area contributed by atoms with E-state index in [1.165, 1.54) is 0 Å². The zero-order valence-electron chi connectivity index (χ0n) is 15.9. The fraction of sp³-hybridized carbons (Fsp3) is 0. The fourth-order valence-corrected chi connectivity index (χ4v) is 3.65. The Morgan fingerprint density at radius 2 is 1.37 bits per heavy atom. The summed E-state index contributed by atoms with van der Waals surface area (Å²) in [5, 5.41) is 5.40. The lowest BCUT2D eigenvalue weighted by molar-refractivity contribution is -0.598. The minimum absolute atomic E-state index is 0.854. The van der Waals surface area contributed by atoms with E-state index in [2.05, 4.69) is 55.0 Å². The van der Waals surface area contributed by atoms with Crippen LogP contribution in [0.25, 0.3) is 44.0 Å². The molecule has 0 saturated heterocycles. The molecule has 0 unspecified atom stereocenters. The molecule has 0 fully saturated rings. The Hall–Kier alpha value is -4.32. The zero-order valence-corrected chi connectivity index (χ0v) is 15.9. The molecular formula is C24H16N6+2. The van der Waals surface area contributed by atoms with Crippen molar-refractivity contribution in [3.8, 4) is 11.5 Å². The minimum atomic E-state index is 0.854. The van der Waals surface area contributed by atoms with E-state index in [4.69, 9.17) is 0 Å². The third-order valence-corrected chi connectivity index (χ3v) is 5.26. The van der Waals surface area contributed by atoms with Gasteiger partial charge in [-0.1, -0.05) is 0 Å². The number of hydrogen-bond donors (Lipinski definition) is 0. The van der Waals surface area contributed by atoms with E-state index in [0.29, 0.717) is 0 Å². The maximum Gasteiger partial charge on any atom is 0.328 e. The molecule has 0 bridgehead atoms. The van der Waals surface area contributed by atoms with Crippen molar-refractivity contribution in [1.82, 2.24) is 19.9 Å². The number of aromatic nitrogens is 6. The van der Waals surface area contributed by atoms with E-state index in [-0.39, 0.29) is 0 Å². The van der Waals surface area contributed by atoms with Crippen LogP contribution in [0.3, 0.4) is 0 Å². The molecule has 0 radical (unpaired) electrons. The van der Waals surface area contributed by atoms with E-state index in [9.17, 15) is 0 Å². The first-order valence-corrected chi connectivity index (χ1v) is 9.60. The molecule has 0 aliphatic rings. The highest BCUT2D eigenvalue weighted by molar-refractivity contribution is 5.82. The molecule has 30 heavy (non-hydrogen) atoms. The molecule has 6 nitrogen and oxygen atoms in total. The van der Waals surface area contributed by atoms with Crippen LogP contribution >= 0.6 is 0 Å². The SMILES string of the molecule is c1cc2cc[n+](-c3cc4c[n+](-c5cnc6ccncc6c5)ccc4cn3)cc2cn1. The lowest BCUT2D eigenvalue weighted by Crippen LogP contribution is -2.31. The van der Waals surface area contributed by atoms with Crippen LogP contribution in [0.1, 0.15) is 0 Å². The van der Waals surface area contributed by atoms with Gasteiger partial charge in [-0.25, -0.2) is 9.55 Å². The molecule has 0 atom stereocenters. The van der Waals surface area contributed by atoms with Gasteiger partial charge in [-0.15, -0.1) is 0 Å². The Balaban J connectivity index is 1.46. The van der Waals surface area contributed by atoms with Crippen LogP contribution < -0.4 is 9.13 Å². The molecule has 0 aromatic carbocycles. The van der Waals surface area contributed by atoms with Gasteiger partial charge >= 0.3 is 5.82 Å². The number of pyridine rings is 6. The summed E-state index contributed by atoms with van der Waals surface area (Å²) in [4.78, 5) is 17.6. The molecule has 0 aliphatic heterocycles. The van der Waals surface area contributed by atoms with Gasteiger partial charge in [0, 0.05) is 59.1 Å². The van der Waals surface area contributed by atoms with Gasteiger partial charge in [0.25, 0.3) is 0 Å². The van der Waals surface area contributed by atoms with Gasteiger partial charge in [0.1, 0.15) is 12.4 Å². The maximum absolute atomic E-state index is 4.64. The van der Waals surface area contributed by atoms with Gasteiger partial charge in [0.15, 0.2) is 12.4 Å². The lowest BCUT2D eigenvalue weighted by atomic mass is 10.2. The Labute approximate surface area is 171 Å². The summed E-state index contributed by atoms with van der Waals surface area (Å²) in [5.74, 6) is 0.854. The van der Waals surface area contributed by atoms with Crippen molar-refractivity contribution in [1.29, 1.82) is 0 Å². The summed E-state index contributed by atoms with van der Waals surface area (Å²) in [6, 6.07) is 12.2. The molecule has 0 saturated carbocycles. The van der Waals surface area contributed by atoms with Crippen molar-refractivity contribution >= 4 is 32.4 Å². The van der Waals surface area contributed by atoms with Gasteiger partial charge in [-0.05, 0) is 28.6 Å². The van der Waals surface area contributed by atoms with Crippen molar-refractivity contribution in [2.24, 2.45) is 0 Å². The molecule has 6 rings (SSSR count). The van der Waals surface area contributed by atoms with Crippen LogP contribution in [0.2, 0.25) is 0 Å². The number of fused-ring (bicyclic) bond motifs is 3. The highest BCUT2D eigenvalue weighted by Crippen LogP contribution is 2.16. The maximum atomic E-state index is 4.64. The molecular weight excluding hydrogens is 372 g/mol. The zero-order chi connectivity index (χ0) is 19.9. The van der Waals surface area contributed by atoms with Gasteiger partial charge in [0.05, 0.1) is 23.3 Å². The van der Waals surface area contributed by atoms with Crippen molar-refractivity contribution in [2.45, 2.75) is 0 Å². The summed E-state index contributed by atoms with van der Waals surface area (Å²) < 4.78 is 4.09. The smallest absolute Gasteiger partial charge is 0.264 e.